The van der Waals surface area contributed by atoms with Gasteiger partial charge in [-0.15, -0.1) is 0 Å². The van der Waals surface area contributed by atoms with E-state index >= 15 is 0 Å². The highest BCUT2D eigenvalue weighted by atomic mass is 19.4. The average Bonchev–Trinajstić information content (AvgIpc) is 2.58. The first kappa shape index (κ1) is 17.8. The number of alkyl halides is 3. The Kier molecular flexibility index (Phi) is 5.84. The lowest BCUT2D eigenvalue weighted by atomic mass is 10.1. The van der Waals surface area contributed by atoms with E-state index in [1.807, 2.05) is 31.2 Å². The maximum Gasteiger partial charge on any atom is 0.417 e. The summed E-state index contributed by atoms with van der Waals surface area (Å²) in [5.41, 5.74) is -0.157. The highest BCUT2D eigenvalue weighted by Crippen LogP contribution is 2.31. The molecule has 2 aromatic rings. The van der Waals surface area contributed by atoms with E-state index in [-0.39, 0.29) is 13.2 Å². The van der Waals surface area contributed by atoms with Crippen molar-refractivity contribution in [1.29, 1.82) is 0 Å². The second-order valence-corrected chi connectivity index (χ2v) is 5.15. The van der Waals surface area contributed by atoms with Gasteiger partial charge in [-0.25, -0.2) is 0 Å². The van der Waals surface area contributed by atoms with Gasteiger partial charge in [-0.2, -0.15) is 13.2 Å². The Labute approximate surface area is 138 Å². The van der Waals surface area contributed by atoms with Gasteiger partial charge in [-0.3, -0.25) is 4.79 Å². The zero-order valence-corrected chi connectivity index (χ0v) is 13.2. The van der Waals surface area contributed by atoms with Crippen molar-refractivity contribution in [2.45, 2.75) is 19.5 Å². The third kappa shape index (κ3) is 4.75. The van der Waals surface area contributed by atoms with E-state index in [9.17, 15) is 18.0 Å². The number of halogens is 3. The summed E-state index contributed by atoms with van der Waals surface area (Å²) in [7, 11) is 0. The first-order valence-corrected chi connectivity index (χ1v) is 7.58. The maximum atomic E-state index is 12.9. The molecule has 1 N–H and O–H groups in total. The Morgan fingerprint density at radius 1 is 1.08 bits per heavy atom. The molecule has 24 heavy (non-hydrogen) atoms. The number of benzene rings is 2. The molecule has 0 fully saturated rings. The van der Waals surface area contributed by atoms with Gasteiger partial charge in [-0.05, 0) is 36.2 Å². The molecule has 0 heterocycles. The molecule has 0 spiro atoms. The van der Waals surface area contributed by atoms with Crippen LogP contribution in [-0.2, 0) is 12.6 Å². The van der Waals surface area contributed by atoms with Crippen LogP contribution in [0.3, 0.4) is 0 Å². The van der Waals surface area contributed by atoms with Crippen molar-refractivity contribution in [2.75, 3.05) is 13.2 Å². The smallest absolute Gasteiger partial charge is 0.417 e. The summed E-state index contributed by atoms with van der Waals surface area (Å²) in [4.78, 5) is 11.9. The lowest BCUT2D eigenvalue weighted by molar-refractivity contribution is -0.137. The molecular formula is C18H18F3NO2. The highest BCUT2D eigenvalue weighted by molar-refractivity contribution is 5.95. The standard InChI is InChI=1S/C18H18F3NO2/c1-2-13-7-9-14(10-8-13)24-12-11-22-17(23)15-5-3-4-6-16(15)18(19,20)21/h3-10H,2,11-12H2,1H3,(H,22,23). The van der Waals surface area contributed by atoms with Crippen molar-refractivity contribution in [2.24, 2.45) is 0 Å². The second-order valence-electron chi connectivity index (χ2n) is 5.15. The summed E-state index contributed by atoms with van der Waals surface area (Å²) in [6.45, 7) is 2.33. The zero-order valence-electron chi connectivity index (χ0n) is 13.2. The average molecular weight is 337 g/mol. The predicted octanol–water partition coefficient (Wildman–Crippen LogP) is 4.08. The number of carbonyl (C=O) groups is 1. The van der Waals surface area contributed by atoms with Crippen LogP contribution in [0.2, 0.25) is 0 Å². The molecule has 0 aliphatic carbocycles. The van der Waals surface area contributed by atoms with Gasteiger partial charge in [0.25, 0.3) is 5.91 Å². The van der Waals surface area contributed by atoms with Crippen molar-refractivity contribution >= 4 is 5.91 Å². The largest absolute Gasteiger partial charge is 0.492 e. The third-order valence-corrected chi connectivity index (χ3v) is 3.47. The Hall–Kier alpha value is -2.50. The zero-order chi connectivity index (χ0) is 17.6. The fourth-order valence-corrected chi connectivity index (χ4v) is 2.18. The van der Waals surface area contributed by atoms with Gasteiger partial charge in [0.15, 0.2) is 0 Å². The van der Waals surface area contributed by atoms with Crippen molar-refractivity contribution in [3.8, 4) is 5.75 Å². The van der Waals surface area contributed by atoms with Crippen LogP contribution in [0.1, 0.15) is 28.4 Å². The van der Waals surface area contributed by atoms with Gasteiger partial charge in [-0.1, -0.05) is 31.2 Å². The minimum atomic E-state index is -4.56. The monoisotopic (exact) mass is 337 g/mol. The molecule has 0 atom stereocenters. The van der Waals surface area contributed by atoms with Crippen molar-refractivity contribution in [3.05, 3.63) is 65.2 Å². The maximum absolute atomic E-state index is 12.9. The summed E-state index contributed by atoms with van der Waals surface area (Å²) >= 11 is 0. The van der Waals surface area contributed by atoms with Crippen LogP contribution < -0.4 is 10.1 Å². The highest BCUT2D eigenvalue weighted by Gasteiger charge is 2.34. The summed E-state index contributed by atoms with van der Waals surface area (Å²) in [5.74, 6) is -0.120. The fraction of sp³-hybridized carbons (Fsp3) is 0.278. The number of ether oxygens (including phenoxy) is 1. The SMILES string of the molecule is CCc1ccc(OCCNC(=O)c2ccccc2C(F)(F)F)cc1. The molecule has 0 aliphatic rings. The Morgan fingerprint density at radius 2 is 1.75 bits per heavy atom. The van der Waals surface area contributed by atoms with Gasteiger partial charge in [0.1, 0.15) is 12.4 Å². The molecule has 1 amide bonds. The minimum absolute atomic E-state index is 0.112. The summed E-state index contributed by atoms with van der Waals surface area (Å²) in [6.07, 6.45) is -3.64. The normalized spacial score (nSPS) is 11.2. The molecule has 2 rings (SSSR count). The lowest BCUT2D eigenvalue weighted by Crippen LogP contribution is -2.30. The van der Waals surface area contributed by atoms with Crippen LogP contribution in [-0.4, -0.2) is 19.1 Å². The van der Waals surface area contributed by atoms with Crippen LogP contribution in [0.25, 0.3) is 0 Å². The Bertz CT molecular complexity index is 681. The molecule has 2 aromatic carbocycles. The number of hydrogen-bond donors (Lipinski definition) is 1. The third-order valence-electron chi connectivity index (χ3n) is 3.47. The van der Waals surface area contributed by atoms with E-state index in [1.54, 1.807) is 0 Å². The molecule has 0 saturated carbocycles. The van der Waals surface area contributed by atoms with Gasteiger partial charge >= 0.3 is 6.18 Å². The van der Waals surface area contributed by atoms with Gasteiger partial charge in [0.2, 0.25) is 0 Å². The van der Waals surface area contributed by atoms with Crippen LogP contribution in [0.5, 0.6) is 5.75 Å². The molecule has 0 bridgehead atoms. The van der Waals surface area contributed by atoms with E-state index in [0.717, 1.165) is 18.6 Å². The van der Waals surface area contributed by atoms with E-state index in [2.05, 4.69) is 5.32 Å². The summed E-state index contributed by atoms with van der Waals surface area (Å²) < 4.78 is 44.1. The molecule has 0 saturated heterocycles. The van der Waals surface area contributed by atoms with Crippen LogP contribution >= 0.6 is 0 Å². The second kappa shape index (κ2) is 7.86. The molecule has 128 valence electrons. The minimum Gasteiger partial charge on any atom is -0.492 e. The number of hydrogen-bond acceptors (Lipinski definition) is 2. The van der Waals surface area contributed by atoms with E-state index in [4.69, 9.17) is 4.74 Å². The van der Waals surface area contributed by atoms with Crippen molar-refractivity contribution < 1.29 is 22.7 Å². The molecule has 0 unspecified atom stereocenters. The fourth-order valence-electron chi connectivity index (χ4n) is 2.18. The van der Waals surface area contributed by atoms with Crippen LogP contribution in [0.4, 0.5) is 13.2 Å². The first-order chi connectivity index (χ1) is 11.4. The molecular weight excluding hydrogens is 319 g/mol. The molecule has 0 aromatic heterocycles. The van der Waals surface area contributed by atoms with E-state index in [0.29, 0.717) is 5.75 Å². The molecule has 3 nitrogen and oxygen atoms in total. The first-order valence-electron chi connectivity index (χ1n) is 7.58. The number of amides is 1. The quantitative estimate of drug-likeness (QED) is 0.807. The number of rotatable bonds is 6. The van der Waals surface area contributed by atoms with Crippen molar-refractivity contribution in [3.63, 3.8) is 0 Å². The summed E-state index contributed by atoms with van der Waals surface area (Å²) in [5, 5.41) is 2.44. The molecule has 6 heteroatoms. The van der Waals surface area contributed by atoms with Gasteiger partial charge in [0, 0.05) is 0 Å². The number of carbonyl (C=O) groups excluding carboxylic acids is 1. The van der Waals surface area contributed by atoms with E-state index < -0.39 is 23.2 Å². The van der Waals surface area contributed by atoms with Gasteiger partial charge in [0.05, 0.1) is 17.7 Å². The number of nitrogens with one attached hydrogen (secondary N) is 1. The van der Waals surface area contributed by atoms with Crippen LogP contribution in [0.15, 0.2) is 48.5 Å². The predicted molar refractivity (Wildman–Crippen MR) is 85.1 cm³/mol. The topological polar surface area (TPSA) is 38.3 Å². The summed E-state index contributed by atoms with van der Waals surface area (Å²) in [6, 6.07) is 12.2. The van der Waals surface area contributed by atoms with Crippen molar-refractivity contribution in [1.82, 2.24) is 5.32 Å². The number of aryl methyl sites for hydroxylation is 1. The molecule has 0 radical (unpaired) electrons. The van der Waals surface area contributed by atoms with Gasteiger partial charge < -0.3 is 10.1 Å². The lowest BCUT2D eigenvalue weighted by Gasteiger charge is -2.13. The van der Waals surface area contributed by atoms with E-state index in [1.165, 1.54) is 17.7 Å². The molecule has 0 aliphatic heterocycles. The Balaban J connectivity index is 1.87. The Morgan fingerprint density at radius 3 is 2.38 bits per heavy atom. The van der Waals surface area contributed by atoms with Crippen LogP contribution in [0, 0.1) is 0 Å².